The molecule has 0 atom stereocenters. The van der Waals surface area contributed by atoms with Crippen molar-refractivity contribution in [3.8, 4) is 5.75 Å². The normalized spacial score (nSPS) is 10.0. The molecule has 2 aromatic rings. The number of nitro benzene ring substituents is 1. The van der Waals surface area contributed by atoms with Crippen molar-refractivity contribution < 1.29 is 24.0 Å². The van der Waals surface area contributed by atoms with Gasteiger partial charge in [0.2, 0.25) is 0 Å². The molecule has 2 rings (SSSR count). The van der Waals surface area contributed by atoms with E-state index in [0.717, 1.165) is 0 Å². The van der Waals surface area contributed by atoms with E-state index in [-0.39, 0.29) is 11.4 Å². The van der Waals surface area contributed by atoms with Crippen molar-refractivity contribution in [1.29, 1.82) is 0 Å². The number of anilines is 2. The first-order valence-corrected chi connectivity index (χ1v) is 7.94. The Kier molecular flexibility index (Phi) is 6.32. The summed E-state index contributed by atoms with van der Waals surface area (Å²) in [6, 6.07) is 9.39. The third kappa shape index (κ3) is 4.72. The molecule has 0 saturated heterocycles. The Hall–Kier alpha value is -3.62. The van der Waals surface area contributed by atoms with Crippen LogP contribution in [-0.2, 0) is 9.53 Å². The second kappa shape index (κ2) is 8.65. The van der Waals surface area contributed by atoms with Crippen molar-refractivity contribution in [3.05, 3.63) is 57.6 Å². The minimum absolute atomic E-state index is 0.0147. The predicted molar refractivity (Wildman–Crippen MR) is 99.3 cm³/mol. The van der Waals surface area contributed by atoms with Crippen LogP contribution in [0.1, 0.15) is 15.9 Å². The van der Waals surface area contributed by atoms with E-state index in [1.807, 2.05) is 0 Å². The van der Waals surface area contributed by atoms with Gasteiger partial charge in [-0.3, -0.25) is 14.9 Å². The average Bonchev–Trinajstić information content (AvgIpc) is 2.67. The first kappa shape index (κ1) is 19.7. The Morgan fingerprint density at radius 3 is 2.52 bits per heavy atom. The zero-order valence-corrected chi connectivity index (χ0v) is 15.1. The second-order valence-corrected chi connectivity index (χ2v) is 5.52. The lowest BCUT2D eigenvalue weighted by Crippen LogP contribution is -2.21. The maximum absolute atomic E-state index is 12.1. The number of amides is 1. The summed E-state index contributed by atoms with van der Waals surface area (Å²) in [4.78, 5) is 34.7. The van der Waals surface area contributed by atoms with Crippen LogP contribution in [0.3, 0.4) is 0 Å². The number of nitrogens with zero attached hydrogens (tertiary/aromatic N) is 1. The fourth-order valence-electron chi connectivity index (χ4n) is 2.39. The monoisotopic (exact) mass is 373 g/mol. The molecule has 9 heteroatoms. The van der Waals surface area contributed by atoms with Gasteiger partial charge in [-0.1, -0.05) is 12.1 Å². The minimum Gasteiger partial charge on any atom is -0.490 e. The fraction of sp³-hybridized carbons (Fsp3) is 0.222. The first-order chi connectivity index (χ1) is 12.9. The van der Waals surface area contributed by atoms with Crippen LogP contribution in [0, 0.1) is 17.0 Å². The number of carbonyl (C=O) groups is 2. The van der Waals surface area contributed by atoms with Crippen molar-refractivity contribution in [3.63, 3.8) is 0 Å². The Bertz CT molecular complexity index is 881. The van der Waals surface area contributed by atoms with E-state index in [9.17, 15) is 19.7 Å². The lowest BCUT2D eigenvalue weighted by Gasteiger charge is -2.12. The van der Waals surface area contributed by atoms with E-state index >= 15 is 0 Å². The Labute approximate surface area is 155 Å². The molecule has 0 fully saturated rings. The molecule has 2 aromatic carbocycles. The van der Waals surface area contributed by atoms with E-state index in [0.29, 0.717) is 22.5 Å². The molecule has 0 aliphatic heterocycles. The van der Waals surface area contributed by atoms with Gasteiger partial charge in [0.05, 0.1) is 17.6 Å². The number of carbonyl (C=O) groups excluding carboxylic acids is 2. The van der Waals surface area contributed by atoms with Gasteiger partial charge < -0.3 is 20.1 Å². The van der Waals surface area contributed by atoms with Crippen molar-refractivity contribution in [1.82, 2.24) is 0 Å². The van der Waals surface area contributed by atoms with Gasteiger partial charge in [0.15, 0.2) is 12.4 Å². The number of para-hydroxylation sites is 1. The summed E-state index contributed by atoms with van der Waals surface area (Å²) in [5.74, 6) is -1.21. The fourth-order valence-corrected chi connectivity index (χ4v) is 2.39. The van der Waals surface area contributed by atoms with Gasteiger partial charge in [0.25, 0.3) is 5.91 Å². The van der Waals surface area contributed by atoms with Crippen LogP contribution >= 0.6 is 0 Å². The quantitative estimate of drug-likeness (QED) is 0.435. The largest absolute Gasteiger partial charge is 0.490 e. The zero-order chi connectivity index (χ0) is 20.0. The van der Waals surface area contributed by atoms with Gasteiger partial charge in [-0.2, -0.15) is 0 Å². The minimum atomic E-state index is -0.645. The lowest BCUT2D eigenvalue weighted by molar-refractivity contribution is -0.385. The van der Waals surface area contributed by atoms with E-state index in [1.54, 1.807) is 38.2 Å². The smallest absolute Gasteiger partial charge is 0.340 e. The van der Waals surface area contributed by atoms with Crippen molar-refractivity contribution in [2.24, 2.45) is 0 Å². The summed E-state index contributed by atoms with van der Waals surface area (Å²) < 4.78 is 10.0. The molecule has 0 heterocycles. The maximum Gasteiger partial charge on any atom is 0.340 e. The highest BCUT2D eigenvalue weighted by Crippen LogP contribution is 2.32. The Balaban J connectivity index is 2.06. The maximum atomic E-state index is 12.1. The molecular formula is C18H19N3O6. The molecule has 0 unspecified atom stereocenters. The molecule has 0 aliphatic carbocycles. The van der Waals surface area contributed by atoms with Gasteiger partial charge in [-0.05, 0) is 24.6 Å². The number of esters is 1. The SMILES string of the molecule is CNc1ccccc1C(=O)OCC(=O)Nc1cc(OC)c([N+](=O)[O-])cc1C. The summed E-state index contributed by atoms with van der Waals surface area (Å²) in [6.45, 7) is 1.10. The number of aryl methyl sites for hydroxylation is 1. The number of methoxy groups -OCH3 is 1. The van der Waals surface area contributed by atoms with Gasteiger partial charge in [0.1, 0.15) is 0 Å². The molecule has 0 saturated carbocycles. The molecule has 0 spiro atoms. The molecule has 0 aromatic heterocycles. The van der Waals surface area contributed by atoms with Crippen molar-refractivity contribution in [2.75, 3.05) is 31.4 Å². The zero-order valence-electron chi connectivity index (χ0n) is 15.1. The topological polar surface area (TPSA) is 120 Å². The number of nitrogens with one attached hydrogen (secondary N) is 2. The average molecular weight is 373 g/mol. The van der Waals surface area contributed by atoms with E-state index < -0.39 is 23.4 Å². The summed E-state index contributed by atoms with van der Waals surface area (Å²) in [5.41, 5.74) is 1.49. The molecule has 0 aliphatic rings. The number of benzene rings is 2. The molecule has 27 heavy (non-hydrogen) atoms. The van der Waals surface area contributed by atoms with Crippen LogP contribution in [0.25, 0.3) is 0 Å². The van der Waals surface area contributed by atoms with Crippen LogP contribution < -0.4 is 15.4 Å². The Morgan fingerprint density at radius 2 is 1.89 bits per heavy atom. The molecule has 1 amide bonds. The Morgan fingerprint density at radius 1 is 1.19 bits per heavy atom. The van der Waals surface area contributed by atoms with E-state index in [1.165, 1.54) is 19.2 Å². The van der Waals surface area contributed by atoms with Gasteiger partial charge >= 0.3 is 11.7 Å². The molecule has 0 bridgehead atoms. The number of hydrogen-bond donors (Lipinski definition) is 2. The number of ether oxygens (including phenoxy) is 2. The molecule has 9 nitrogen and oxygen atoms in total. The highest BCUT2D eigenvalue weighted by atomic mass is 16.6. The third-order valence-electron chi connectivity index (χ3n) is 3.75. The highest BCUT2D eigenvalue weighted by molar-refractivity contribution is 5.98. The van der Waals surface area contributed by atoms with Crippen LogP contribution in [0.4, 0.5) is 17.1 Å². The molecule has 0 radical (unpaired) electrons. The lowest BCUT2D eigenvalue weighted by atomic mass is 10.1. The van der Waals surface area contributed by atoms with Crippen LogP contribution in [0.5, 0.6) is 5.75 Å². The van der Waals surface area contributed by atoms with Crippen LogP contribution in [0.15, 0.2) is 36.4 Å². The van der Waals surface area contributed by atoms with E-state index in [2.05, 4.69) is 10.6 Å². The predicted octanol–water partition coefficient (Wildman–Crippen LogP) is 2.75. The number of nitro groups is 1. The summed E-state index contributed by atoms with van der Waals surface area (Å²) in [7, 11) is 2.97. The molecule has 142 valence electrons. The summed E-state index contributed by atoms with van der Waals surface area (Å²) >= 11 is 0. The van der Waals surface area contributed by atoms with E-state index in [4.69, 9.17) is 9.47 Å². The highest BCUT2D eigenvalue weighted by Gasteiger charge is 2.19. The van der Waals surface area contributed by atoms with Crippen LogP contribution in [-0.4, -0.2) is 37.6 Å². The van der Waals surface area contributed by atoms with Crippen molar-refractivity contribution in [2.45, 2.75) is 6.92 Å². The molecular weight excluding hydrogens is 354 g/mol. The summed E-state index contributed by atoms with van der Waals surface area (Å²) in [5, 5.41) is 16.4. The standard InChI is InChI=1S/C18H19N3O6/c1-11-8-15(21(24)25)16(26-3)9-14(11)20-17(22)10-27-18(23)12-6-4-5-7-13(12)19-2/h4-9,19H,10H2,1-3H3,(H,20,22). The van der Waals surface area contributed by atoms with Gasteiger partial charge in [-0.15, -0.1) is 0 Å². The molecule has 2 N–H and O–H groups in total. The number of hydrogen-bond acceptors (Lipinski definition) is 7. The van der Waals surface area contributed by atoms with Gasteiger partial charge in [-0.25, -0.2) is 4.79 Å². The van der Waals surface area contributed by atoms with Crippen molar-refractivity contribution >= 4 is 28.9 Å². The third-order valence-corrected chi connectivity index (χ3v) is 3.75. The second-order valence-electron chi connectivity index (χ2n) is 5.52. The van der Waals surface area contributed by atoms with Gasteiger partial charge in [0, 0.05) is 30.6 Å². The number of rotatable bonds is 7. The summed E-state index contributed by atoms with van der Waals surface area (Å²) in [6.07, 6.45) is 0. The van der Waals surface area contributed by atoms with Crippen LogP contribution in [0.2, 0.25) is 0 Å². The first-order valence-electron chi connectivity index (χ1n) is 7.94.